The third-order valence-electron chi connectivity index (χ3n) is 3.88. The van der Waals surface area contributed by atoms with Gasteiger partial charge in [-0.25, -0.2) is 4.98 Å². The van der Waals surface area contributed by atoms with Crippen LogP contribution in [-0.4, -0.2) is 15.5 Å². The van der Waals surface area contributed by atoms with Crippen LogP contribution < -0.4 is 10.3 Å². The van der Waals surface area contributed by atoms with Gasteiger partial charge in [-0.05, 0) is 43.7 Å². The van der Waals surface area contributed by atoms with Gasteiger partial charge in [-0.2, -0.15) is 0 Å². The van der Waals surface area contributed by atoms with E-state index in [1.807, 2.05) is 32.0 Å². The maximum atomic E-state index is 13.0. The van der Waals surface area contributed by atoms with Crippen molar-refractivity contribution in [3.63, 3.8) is 0 Å². The molecule has 0 saturated heterocycles. The molecule has 0 saturated carbocycles. The molecule has 25 heavy (non-hydrogen) atoms. The van der Waals surface area contributed by atoms with Crippen molar-refractivity contribution in [2.24, 2.45) is 0 Å². The Hall–Kier alpha value is -2.66. The molecule has 3 rings (SSSR count). The second kappa shape index (κ2) is 6.69. The van der Waals surface area contributed by atoms with Crippen molar-refractivity contribution in [3.8, 4) is 16.9 Å². The van der Waals surface area contributed by atoms with Gasteiger partial charge in [0.2, 0.25) is 5.75 Å². The average Bonchev–Trinajstić information content (AvgIpc) is 2.55. The molecule has 0 radical (unpaired) electrons. The Balaban J connectivity index is 2.51. The van der Waals surface area contributed by atoms with Crippen LogP contribution in [0.25, 0.3) is 22.2 Å². The SMILES string of the molecule is CCn1c(=O)c(OC(C)=O)c(-c2cccc(Cl)c2)c2ccc(C)nc21. The first kappa shape index (κ1) is 17.2. The molecule has 5 nitrogen and oxygen atoms in total. The lowest BCUT2D eigenvalue weighted by molar-refractivity contribution is -0.131. The van der Waals surface area contributed by atoms with E-state index in [-0.39, 0.29) is 5.75 Å². The Morgan fingerprint density at radius 1 is 1.28 bits per heavy atom. The number of nitrogens with zero attached hydrogens (tertiary/aromatic N) is 2. The minimum atomic E-state index is -0.553. The van der Waals surface area contributed by atoms with Gasteiger partial charge in [0, 0.05) is 35.1 Å². The van der Waals surface area contributed by atoms with Crippen LogP contribution in [0.1, 0.15) is 19.5 Å². The number of halogens is 1. The Morgan fingerprint density at radius 2 is 2.04 bits per heavy atom. The second-order valence-corrected chi connectivity index (χ2v) is 6.12. The van der Waals surface area contributed by atoms with E-state index < -0.39 is 11.5 Å². The summed E-state index contributed by atoms with van der Waals surface area (Å²) in [5.41, 5.74) is 2.18. The molecular formula is C19H17ClN2O3. The van der Waals surface area contributed by atoms with Gasteiger partial charge in [0.05, 0.1) is 0 Å². The molecule has 6 heteroatoms. The number of rotatable bonds is 3. The molecule has 0 amide bonds. The molecule has 0 aliphatic heterocycles. The Morgan fingerprint density at radius 3 is 2.68 bits per heavy atom. The molecule has 1 aromatic carbocycles. The first-order valence-electron chi connectivity index (χ1n) is 7.91. The van der Waals surface area contributed by atoms with Gasteiger partial charge >= 0.3 is 5.97 Å². The summed E-state index contributed by atoms with van der Waals surface area (Å²) in [6.45, 7) is 5.40. The summed E-state index contributed by atoms with van der Waals surface area (Å²) < 4.78 is 6.82. The second-order valence-electron chi connectivity index (χ2n) is 5.68. The van der Waals surface area contributed by atoms with Gasteiger partial charge < -0.3 is 4.74 Å². The Bertz CT molecular complexity index is 1040. The van der Waals surface area contributed by atoms with E-state index in [1.54, 1.807) is 18.2 Å². The van der Waals surface area contributed by atoms with Crippen molar-refractivity contribution in [1.82, 2.24) is 9.55 Å². The number of ether oxygens (including phenoxy) is 1. The smallest absolute Gasteiger partial charge is 0.308 e. The number of benzene rings is 1. The summed E-state index contributed by atoms with van der Waals surface area (Å²) in [7, 11) is 0. The van der Waals surface area contributed by atoms with Gasteiger partial charge in [0.15, 0.2) is 0 Å². The topological polar surface area (TPSA) is 61.2 Å². The molecule has 0 fully saturated rings. The first-order valence-corrected chi connectivity index (χ1v) is 8.28. The van der Waals surface area contributed by atoms with Gasteiger partial charge in [0.25, 0.3) is 5.56 Å². The standard InChI is InChI=1S/C19H17ClN2O3/c1-4-22-18-15(9-8-11(2)21-18)16(13-6-5-7-14(20)10-13)17(19(22)24)25-12(3)23/h5-10H,4H2,1-3H3. The lowest BCUT2D eigenvalue weighted by Gasteiger charge is -2.16. The molecule has 0 aliphatic carbocycles. The van der Waals surface area contributed by atoms with Crippen molar-refractivity contribution in [2.45, 2.75) is 27.3 Å². The number of aromatic nitrogens is 2. The van der Waals surface area contributed by atoms with Crippen LogP contribution in [0, 0.1) is 6.92 Å². The summed E-state index contributed by atoms with van der Waals surface area (Å²) in [6, 6.07) is 10.8. The zero-order valence-electron chi connectivity index (χ0n) is 14.2. The summed E-state index contributed by atoms with van der Waals surface area (Å²) in [5, 5.41) is 1.25. The molecule has 128 valence electrons. The predicted octanol–water partition coefficient (Wildman–Crippen LogP) is 3.97. The number of esters is 1. The zero-order chi connectivity index (χ0) is 18.1. The van der Waals surface area contributed by atoms with Gasteiger partial charge in [0.1, 0.15) is 5.65 Å². The molecular weight excluding hydrogens is 340 g/mol. The quantitative estimate of drug-likeness (QED) is 0.666. The molecule has 2 heterocycles. The molecule has 3 aromatic rings. The number of carbonyl (C=O) groups excluding carboxylic acids is 1. The largest absolute Gasteiger partial charge is 0.420 e. The van der Waals surface area contributed by atoms with E-state index in [1.165, 1.54) is 11.5 Å². The lowest BCUT2D eigenvalue weighted by Crippen LogP contribution is -2.24. The summed E-state index contributed by atoms with van der Waals surface area (Å²) in [6.07, 6.45) is 0. The van der Waals surface area contributed by atoms with Crippen LogP contribution >= 0.6 is 11.6 Å². The molecule has 0 spiro atoms. The Kier molecular flexibility index (Phi) is 4.59. The summed E-state index contributed by atoms with van der Waals surface area (Å²) >= 11 is 6.12. The highest BCUT2D eigenvalue weighted by Gasteiger charge is 2.21. The van der Waals surface area contributed by atoms with Crippen LogP contribution in [0.3, 0.4) is 0 Å². The number of pyridine rings is 2. The monoisotopic (exact) mass is 356 g/mol. The third-order valence-corrected chi connectivity index (χ3v) is 4.12. The van der Waals surface area contributed by atoms with Gasteiger partial charge in [-0.3, -0.25) is 14.2 Å². The minimum Gasteiger partial charge on any atom is -0.420 e. The predicted molar refractivity (Wildman–Crippen MR) is 98.2 cm³/mol. The van der Waals surface area contributed by atoms with E-state index in [0.717, 1.165) is 11.1 Å². The number of aryl methyl sites for hydroxylation is 2. The molecule has 0 aliphatic rings. The summed E-state index contributed by atoms with van der Waals surface area (Å²) in [4.78, 5) is 29.1. The van der Waals surface area contributed by atoms with Crippen molar-refractivity contribution in [1.29, 1.82) is 0 Å². The molecule has 0 atom stereocenters. The highest BCUT2D eigenvalue weighted by atomic mass is 35.5. The van der Waals surface area contributed by atoms with Crippen LogP contribution in [0.4, 0.5) is 0 Å². The third kappa shape index (κ3) is 3.15. The maximum absolute atomic E-state index is 13.0. The highest BCUT2D eigenvalue weighted by Crippen LogP contribution is 2.35. The van der Waals surface area contributed by atoms with Crippen LogP contribution in [-0.2, 0) is 11.3 Å². The van der Waals surface area contributed by atoms with Crippen molar-refractivity contribution >= 4 is 28.6 Å². The van der Waals surface area contributed by atoms with E-state index >= 15 is 0 Å². The number of carbonyl (C=O) groups is 1. The fourth-order valence-electron chi connectivity index (χ4n) is 2.85. The van der Waals surface area contributed by atoms with E-state index in [4.69, 9.17) is 16.3 Å². The van der Waals surface area contributed by atoms with E-state index in [0.29, 0.717) is 28.3 Å². The molecule has 2 aromatic heterocycles. The Labute approximate surface area is 149 Å². The van der Waals surface area contributed by atoms with Crippen LogP contribution in [0.5, 0.6) is 5.75 Å². The van der Waals surface area contributed by atoms with Crippen molar-refractivity contribution in [2.75, 3.05) is 0 Å². The first-order chi connectivity index (χ1) is 11.9. The fraction of sp³-hybridized carbons (Fsp3) is 0.211. The average molecular weight is 357 g/mol. The molecule has 0 N–H and O–H groups in total. The number of hydrogen-bond donors (Lipinski definition) is 0. The normalized spacial score (nSPS) is 10.9. The molecule has 0 unspecified atom stereocenters. The number of fused-ring (bicyclic) bond motifs is 1. The fourth-order valence-corrected chi connectivity index (χ4v) is 3.04. The summed E-state index contributed by atoms with van der Waals surface area (Å²) in [5.74, 6) is -0.558. The van der Waals surface area contributed by atoms with Crippen molar-refractivity contribution < 1.29 is 9.53 Å². The zero-order valence-corrected chi connectivity index (χ0v) is 14.9. The van der Waals surface area contributed by atoms with Crippen LogP contribution in [0.15, 0.2) is 41.2 Å². The van der Waals surface area contributed by atoms with E-state index in [2.05, 4.69) is 4.98 Å². The molecule has 0 bridgehead atoms. The van der Waals surface area contributed by atoms with Crippen molar-refractivity contribution in [3.05, 3.63) is 57.5 Å². The van der Waals surface area contributed by atoms with Gasteiger partial charge in [-0.15, -0.1) is 0 Å². The minimum absolute atomic E-state index is 0.00484. The van der Waals surface area contributed by atoms with E-state index in [9.17, 15) is 9.59 Å². The van der Waals surface area contributed by atoms with Crippen LogP contribution in [0.2, 0.25) is 5.02 Å². The number of hydrogen-bond acceptors (Lipinski definition) is 4. The lowest BCUT2D eigenvalue weighted by atomic mass is 10.0. The highest BCUT2D eigenvalue weighted by molar-refractivity contribution is 6.31. The maximum Gasteiger partial charge on any atom is 0.308 e. The van der Waals surface area contributed by atoms with Gasteiger partial charge in [-0.1, -0.05) is 23.7 Å².